The molecule has 0 aliphatic carbocycles. The van der Waals surface area contributed by atoms with Gasteiger partial charge in [-0.2, -0.15) is 0 Å². The normalized spacial score (nSPS) is 15.2. The number of hydrogen-bond acceptors (Lipinski definition) is 4. The molecule has 0 unspecified atom stereocenters. The number of piperidine rings is 1. The summed E-state index contributed by atoms with van der Waals surface area (Å²) in [4.78, 5) is 30.0. The van der Waals surface area contributed by atoms with Gasteiger partial charge >= 0.3 is 5.97 Å². The van der Waals surface area contributed by atoms with Crippen LogP contribution in [0.25, 0.3) is 6.08 Å². The van der Waals surface area contributed by atoms with Crippen LogP contribution in [0.3, 0.4) is 0 Å². The Hall–Kier alpha value is -2.60. The van der Waals surface area contributed by atoms with Gasteiger partial charge in [0.2, 0.25) is 0 Å². The van der Waals surface area contributed by atoms with E-state index in [1.54, 1.807) is 23.2 Å². The Kier molecular flexibility index (Phi) is 6.65. The predicted molar refractivity (Wildman–Crippen MR) is 107 cm³/mol. The molecule has 3 rings (SSSR count). The van der Waals surface area contributed by atoms with E-state index in [2.05, 4.69) is 11.1 Å². The third-order valence-electron chi connectivity index (χ3n) is 4.56. The van der Waals surface area contributed by atoms with Crippen molar-refractivity contribution in [3.63, 3.8) is 0 Å². The van der Waals surface area contributed by atoms with E-state index < -0.39 is 5.97 Å². The number of aliphatic carboxylic acids is 1. The number of rotatable bonds is 6. The lowest BCUT2D eigenvalue weighted by Crippen LogP contribution is -2.40. The fraction of sp³-hybridized carbons (Fsp3) is 0.286. The summed E-state index contributed by atoms with van der Waals surface area (Å²) in [5, 5.41) is 9.81. The van der Waals surface area contributed by atoms with Gasteiger partial charge in [0.15, 0.2) is 0 Å². The van der Waals surface area contributed by atoms with Gasteiger partial charge in [-0.3, -0.25) is 9.59 Å². The first kappa shape index (κ1) is 19.2. The number of carbonyl (C=O) groups excluding carboxylic acids is 1. The van der Waals surface area contributed by atoms with Crippen LogP contribution in [0.4, 0.5) is 0 Å². The highest BCUT2D eigenvalue weighted by Gasteiger charge is 2.28. The number of thioether (sulfide) groups is 1. The second-order valence-corrected chi connectivity index (χ2v) is 7.39. The van der Waals surface area contributed by atoms with Crippen molar-refractivity contribution >= 4 is 29.7 Å². The van der Waals surface area contributed by atoms with E-state index in [9.17, 15) is 9.59 Å². The first-order valence-electron chi connectivity index (χ1n) is 8.96. The summed E-state index contributed by atoms with van der Waals surface area (Å²) >= 11 is 1.52. The molecule has 1 aromatic heterocycles. The van der Waals surface area contributed by atoms with Crippen molar-refractivity contribution in [2.45, 2.75) is 17.9 Å². The largest absolute Gasteiger partial charge is 0.481 e. The maximum Gasteiger partial charge on any atom is 0.306 e. The lowest BCUT2D eigenvalue weighted by molar-refractivity contribution is -0.143. The van der Waals surface area contributed by atoms with Gasteiger partial charge < -0.3 is 10.0 Å². The molecule has 1 aliphatic heterocycles. The number of likely N-dealkylation sites (tertiary alicyclic amines) is 1. The first-order chi connectivity index (χ1) is 13.1. The van der Waals surface area contributed by atoms with Crippen molar-refractivity contribution in [1.29, 1.82) is 0 Å². The fourth-order valence-electron chi connectivity index (χ4n) is 3.04. The Morgan fingerprint density at radius 1 is 1.15 bits per heavy atom. The first-order valence-corrected chi connectivity index (χ1v) is 9.95. The predicted octanol–water partition coefficient (Wildman–Crippen LogP) is 3.82. The Morgan fingerprint density at radius 2 is 1.89 bits per heavy atom. The zero-order chi connectivity index (χ0) is 19.1. The summed E-state index contributed by atoms with van der Waals surface area (Å²) in [5.74, 6) is -0.473. The molecule has 27 heavy (non-hydrogen) atoms. The van der Waals surface area contributed by atoms with Gasteiger partial charge in [0.1, 0.15) is 5.03 Å². The summed E-state index contributed by atoms with van der Waals surface area (Å²) in [5.41, 5.74) is 1.72. The van der Waals surface area contributed by atoms with Gasteiger partial charge in [0.25, 0.3) is 5.91 Å². The van der Waals surface area contributed by atoms with Gasteiger partial charge in [-0.25, -0.2) is 4.98 Å². The second-order valence-electron chi connectivity index (χ2n) is 6.38. The Bertz CT molecular complexity index is 815. The molecule has 1 saturated heterocycles. The zero-order valence-corrected chi connectivity index (χ0v) is 15.8. The van der Waals surface area contributed by atoms with Crippen molar-refractivity contribution in [2.75, 3.05) is 18.8 Å². The van der Waals surface area contributed by atoms with Crippen molar-refractivity contribution in [3.05, 3.63) is 65.9 Å². The minimum atomic E-state index is -0.773. The number of pyridine rings is 1. The molecule has 6 heteroatoms. The van der Waals surface area contributed by atoms with E-state index in [1.165, 1.54) is 11.8 Å². The lowest BCUT2D eigenvalue weighted by Gasteiger charge is -2.30. The molecule has 1 aromatic carbocycles. The van der Waals surface area contributed by atoms with E-state index in [0.717, 1.165) is 5.56 Å². The highest BCUT2D eigenvalue weighted by molar-refractivity contribution is 7.99. The van der Waals surface area contributed by atoms with Gasteiger partial charge in [-0.05, 0) is 30.5 Å². The second kappa shape index (κ2) is 9.37. The number of carbonyl (C=O) groups is 2. The van der Waals surface area contributed by atoms with Gasteiger partial charge in [-0.15, -0.1) is 11.8 Å². The average Bonchev–Trinajstić information content (AvgIpc) is 2.72. The van der Waals surface area contributed by atoms with Gasteiger partial charge in [0.05, 0.1) is 11.5 Å². The van der Waals surface area contributed by atoms with Gasteiger partial charge in [0, 0.05) is 25.0 Å². The van der Waals surface area contributed by atoms with Crippen LogP contribution >= 0.6 is 11.8 Å². The topological polar surface area (TPSA) is 70.5 Å². The van der Waals surface area contributed by atoms with Crippen molar-refractivity contribution in [1.82, 2.24) is 9.88 Å². The van der Waals surface area contributed by atoms with Crippen molar-refractivity contribution in [2.24, 2.45) is 5.92 Å². The third-order valence-corrected chi connectivity index (χ3v) is 5.52. The van der Waals surface area contributed by atoms with Crippen LogP contribution in [0.1, 0.15) is 28.8 Å². The number of benzene rings is 1. The number of carboxylic acid groups (broad SMARTS) is 1. The molecule has 140 valence electrons. The van der Waals surface area contributed by atoms with E-state index in [0.29, 0.717) is 42.3 Å². The SMILES string of the molecule is O=C(O)C1CCN(C(=O)c2cccnc2SC/C=C/c2ccccc2)CC1. The van der Waals surface area contributed by atoms with Crippen LogP contribution < -0.4 is 0 Å². The summed E-state index contributed by atoms with van der Waals surface area (Å²) in [6, 6.07) is 13.6. The number of amides is 1. The van der Waals surface area contributed by atoms with E-state index in [-0.39, 0.29) is 11.8 Å². The fourth-order valence-corrected chi connectivity index (χ4v) is 3.84. The van der Waals surface area contributed by atoms with E-state index in [1.807, 2.05) is 36.4 Å². The minimum absolute atomic E-state index is 0.0681. The molecule has 0 spiro atoms. The smallest absolute Gasteiger partial charge is 0.306 e. The molecule has 0 saturated carbocycles. The number of carboxylic acids is 1. The number of nitrogens with zero attached hydrogens (tertiary/aromatic N) is 2. The van der Waals surface area contributed by atoms with Crippen molar-refractivity contribution < 1.29 is 14.7 Å². The highest BCUT2D eigenvalue weighted by atomic mass is 32.2. The van der Waals surface area contributed by atoms with Crippen LogP contribution in [-0.2, 0) is 4.79 Å². The van der Waals surface area contributed by atoms with Gasteiger partial charge in [-0.1, -0.05) is 42.5 Å². The molecule has 1 N–H and O–H groups in total. The quantitative estimate of drug-likeness (QED) is 0.769. The molecular weight excluding hydrogens is 360 g/mol. The molecule has 0 bridgehead atoms. The summed E-state index contributed by atoms with van der Waals surface area (Å²) in [6.07, 6.45) is 6.80. The molecular formula is C21H22N2O3S. The molecule has 5 nitrogen and oxygen atoms in total. The Balaban J connectivity index is 1.61. The lowest BCUT2D eigenvalue weighted by atomic mass is 9.97. The van der Waals surface area contributed by atoms with Crippen LogP contribution in [0.2, 0.25) is 0 Å². The molecule has 2 aromatic rings. The average molecular weight is 382 g/mol. The molecule has 0 atom stereocenters. The molecule has 2 heterocycles. The standard InChI is InChI=1S/C21H22N2O3S/c24-20(23-13-10-17(11-14-23)21(25)26)18-9-4-12-22-19(18)27-15-5-8-16-6-2-1-3-7-16/h1-9,12,17H,10-11,13-15H2,(H,25,26)/b8-5+. The third kappa shape index (κ3) is 5.20. The summed E-state index contributed by atoms with van der Waals surface area (Å²) < 4.78 is 0. The molecule has 1 amide bonds. The Labute approximate surface area is 163 Å². The van der Waals surface area contributed by atoms with E-state index >= 15 is 0 Å². The maximum atomic E-state index is 12.9. The van der Waals surface area contributed by atoms with Crippen LogP contribution in [0.15, 0.2) is 59.8 Å². The van der Waals surface area contributed by atoms with Crippen LogP contribution in [0.5, 0.6) is 0 Å². The Morgan fingerprint density at radius 3 is 2.59 bits per heavy atom. The van der Waals surface area contributed by atoms with E-state index in [4.69, 9.17) is 5.11 Å². The van der Waals surface area contributed by atoms with Crippen LogP contribution in [0, 0.1) is 5.92 Å². The summed E-state index contributed by atoms with van der Waals surface area (Å²) in [7, 11) is 0. The number of aromatic nitrogens is 1. The van der Waals surface area contributed by atoms with Crippen molar-refractivity contribution in [3.8, 4) is 0 Å². The summed E-state index contributed by atoms with van der Waals surface area (Å²) in [6.45, 7) is 0.950. The maximum absolute atomic E-state index is 12.9. The molecule has 1 aliphatic rings. The number of hydrogen-bond donors (Lipinski definition) is 1. The van der Waals surface area contributed by atoms with Crippen LogP contribution in [-0.4, -0.2) is 45.7 Å². The zero-order valence-electron chi connectivity index (χ0n) is 15.0. The minimum Gasteiger partial charge on any atom is -0.481 e. The highest BCUT2D eigenvalue weighted by Crippen LogP contribution is 2.24. The molecule has 0 radical (unpaired) electrons. The monoisotopic (exact) mass is 382 g/mol. The molecule has 1 fully saturated rings.